The van der Waals surface area contributed by atoms with Crippen molar-refractivity contribution >= 4 is 0 Å². The third-order valence-corrected chi connectivity index (χ3v) is 4.44. The second kappa shape index (κ2) is 8.13. The van der Waals surface area contributed by atoms with Crippen molar-refractivity contribution < 1.29 is 0 Å². The number of nitrogens with zero attached hydrogens (tertiary/aromatic N) is 2. The van der Waals surface area contributed by atoms with Gasteiger partial charge in [-0.2, -0.15) is 0 Å². The molecule has 0 saturated heterocycles. The van der Waals surface area contributed by atoms with Gasteiger partial charge < -0.3 is 15.5 Å². The van der Waals surface area contributed by atoms with Crippen LogP contribution >= 0.6 is 0 Å². The molecule has 0 aromatic carbocycles. The summed E-state index contributed by atoms with van der Waals surface area (Å²) in [4.78, 5) is 4.76. The van der Waals surface area contributed by atoms with Gasteiger partial charge in [0.1, 0.15) is 0 Å². The molecule has 0 radical (unpaired) electrons. The summed E-state index contributed by atoms with van der Waals surface area (Å²) in [7, 11) is 6.54. The van der Waals surface area contributed by atoms with Gasteiger partial charge in [0.25, 0.3) is 0 Å². The first kappa shape index (κ1) is 15.9. The van der Waals surface area contributed by atoms with Crippen LogP contribution in [0.25, 0.3) is 0 Å². The van der Waals surface area contributed by atoms with E-state index >= 15 is 0 Å². The van der Waals surface area contributed by atoms with E-state index in [1.165, 1.54) is 45.2 Å². The highest BCUT2D eigenvalue weighted by Gasteiger charge is 2.28. The molecule has 0 aliphatic heterocycles. The van der Waals surface area contributed by atoms with Crippen LogP contribution < -0.4 is 5.73 Å². The molecule has 0 aromatic heterocycles. The molecule has 1 saturated carbocycles. The van der Waals surface area contributed by atoms with Crippen molar-refractivity contribution in [2.45, 2.75) is 45.1 Å². The molecular formula is C15H33N3. The number of rotatable bonds is 7. The Morgan fingerprint density at radius 1 is 1.17 bits per heavy atom. The normalized spacial score (nSPS) is 26.8. The largest absolute Gasteiger partial charge is 0.329 e. The van der Waals surface area contributed by atoms with Gasteiger partial charge in [0.15, 0.2) is 0 Å². The van der Waals surface area contributed by atoms with E-state index in [-0.39, 0.29) is 0 Å². The van der Waals surface area contributed by atoms with Crippen molar-refractivity contribution in [3.8, 4) is 0 Å². The fraction of sp³-hybridized carbons (Fsp3) is 1.00. The predicted octanol–water partition coefficient (Wildman–Crippen LogP) is 2.02. The minimum Gasteiger partial charge on any atom is -0.329 e. The SMILES string of the molecule is CC1CCCC(C(CN)N(C)CCCN(C)C)C1. The first-order valence-corrected chi connectivity index (χ1v) is 7.59. The van der Waals surface area contributed by atoms with Crippen molar-refractivity contribution in [3.05, 3.63) is 0 Å². The molecule has 1 aliphatic carbocycles. The van der Waals surface area contributed by atoms with E-state index in [1.54, 1.807) is 0 Å². The molecule has 3 atom stereocenters. The molecule has 1 fully saturated rings. The Hall–Kier alpha value is -0.120. The molecule has 3 unspecified atom stereocenters. The monoisotopic (exact) mass is 255 g/mol. The minimum absolute atomic E-state index is 0.593. The number of hydrogen-bond acceptors (Lipinski definition) is 3. The maximum atomic E-state index is 6.03. The number of hydrogen-bond donors (Lipinski definition) is 1. The fourth-order valence-corrected chi connectivity index (χ4v) is 3.36. The van der Waals surface area contributed by atoms with E-state index in [1.807, 2.05) is 0 Å². The van der Waals surface area contributed by atoms with Crippen molar-refractivity contribution in [2.24, 2.45) is 17.6 Å². The van der Waals surface area contributed by atoms with Crippen molar-refractivity contribution in [1.29, 1.82) is 0 Å². The second-order valence-corrected chi connectivity index (χ2v) is 6.47. The van der Waals surface area contributed by atoms with Crippen LogP contribution in [0.1, 0.15) is 39.0 Å². The van der Waals surface area contributed by atoms with Gasteiger partial charge in [0, 0.05) is 12.6 Å². The van der Waals surface area contributed by atoms with Crippen LogP contribution in [0.15, 0.2) is 0 Å². The van der Waals surface area contributed by atoms with E-state index < -0.39 is 0 Å². The predicted molar refractivity (Wildman–Crippen MR) is 79.8 cm³/mol. The summed E-state index contributed by atoms with van der Waals surface area (Å²) >= 11 is 0. The lowest BCUT2D eigenvalue weighted by Gasteiger charge is -2.38. The molecule has 3 heteroatoms. The quantitative estimate of drug-likeness (QED) is 0.755. The first-order valence-electron chi connectivity index (χ1n) is 7.59. The molecule has 0 amide bonds. The van der Waals surface area contributed by atoms with Gasteiger partial charge in [-0.15, -0.1) is 0 Å². The summed E-state index contributed by atoms with van der Waals surface area (Å²) in [6, 6.07) is 0.593. The molecule has 0 bridgehead atoms. The van der Waals surface area contributed by atoms with Crippen LogP contribution in [0.5, 0.6) is 0 Å². The average Bonchev–Trinajstić information content (AvgIpc) is 2.29. The zero-order valence-corrected chi connectivity index (χ0v) is 12.9. The molecule has 2 N–H and O–H groups in total. The minimum atomic E-state index is 0.593. The summed E-state index contributed by atoms with van der Waals surface area (Å²) < 4.78 is 0. The van der Waals surface area contributed by atoms with E-state index in [0.717, 1.165) is 18.4 Å². The lowest BCUT2D eigenvalue weighted by molar-refractivity contribution is 0.127. The van der Waals surface area contributed by atoms with Gasteiger partial charge in [0.2, 0.25) is 0 Å². The highest BCUT2D eigenvalue weighted by molar-refractivity contribution is 4.83. The van der Waals surface area contributed by atoms with Crippen LogP contribution in [0.4, 0.5) is 0 Å². The molecule has 0 spiro atoms. The molecule has 1 rings (SSSR count). The van der Waals surface area contributed by atoms with Crippen LogP contribution in [0.3, 0.4) is 0 Å². The Bertz CT molecular complexity index is 218. The summed E-state index contributed by atoms with van der Waals surface area (Å²) in [5.74, 6) is 1.72. The van der Waals surface area contributed by atoms with E-state index in [4.69, 9.17) is 5.73 Å². The summed E-state index contributed by atoms with van der Waals surface area (Å²) in [6.45, 7) is 5.55. The Balaban J connectivity index is 2.38. The highest BCUT2D eigenvalue weighted by atomic mass is 15.1. The van der Waals surface area contributed by atoms with Crippen molar-refractivity contribution in [1.82, 2.24) is 9.80 Å². The summed E-state index contributed by atoms with van der Waals surface area (Å²) in [6.07, 6.45) is 6.80. The molecule has 18 heavy (non-hydrogen) atoms. The highest BCUT2D eigenvalue weighted by Crippen LogP contribution is 2.32. The Kier molecular flexibility index (Phi) is 7.20. The second-order valence-electron chi connectivity index (χ2n) is 6.47. The van der Waals surface area contributed by atoms with Gasteiger partial charge in [-0.3, -0.25) is 0 Å². The molecule has 0 heterocycles. The van der Waals surface area contributed by atoms with E-state index in [9.17, 15) is 0 Å². The molecule has 3 nitrogen and oxygen atoms in total. The first-order chi connectivity index (χ1) is 8.54. The zero-order valence-electron chi connectivity index (χ0n) is 12.9. The van der Waals surface area contributed by atoms with Gasteiger partial charge in [-0.1, -0.05) is 19.8 Å². The van der Waals surface area contributed by atoms with Gasteiger partial charge in [0.05, 0.1) is 0 Å². The maximum absolute atomic E-state index is 6.03. The number of nitrogens with two attached hydrogens (primary N) is 1. The summed E-state index contributed by atoms with van der Waals surface area (Å²) in [5, 5.41) is 0. The third kappa shape index (κ3) is 5.25. The van der Waals surface area contributed by atoms with Gasteiger partial charge >= 0.3 is 0 Å². The van der Waals surface area contributed by atoms with Crippen LogP contribution in [-0.2, 0) is 0 Å². The average molecular weight is 255 g/mol. The smallest absolute Gasteiger partial charge is 0.0243 e. The summed E-state index contributed by atoms with van der Waals surface area (Å²) in [5.41, 5.74) is 6.03. The van der Waals surface area contributed by atoms with Crippen LogP contribution in [0.2, 0.25) is 0 Å². The molecular weight excluding hydrogens is 222 g/mol. The Morgan fingerprint density at radius 2 is 1.89 bits per heavy atom. The van der Waals surface area contributed by atoms with Crippen molar-refractivity contribution in [2.75, 3.05) is 40.8 Å². The Labute approximate surface area is 114 Å². The van der Waals surface area contributed by atoms with E-state index in [0.29, 0.717) is 6.04 Å². The van der Waals surface area contributed by atoms with Crippen molar-refractivity contribution in [3.63, 3.8) is 0 Å². The van der Waals surface area contributed by atoms with Gasteiger partial charge in [-0.05, 0) is 65.3 Å². The number of likely N-dealkylation sites (N-methyl/N-ethyl adjacent to an activating group) is 1. The molecule has 108 valence electrons. The zero-order chi connectivity index (χ0) is 13.5. The molecule has 1 aliphatic rings. The standard InChI is InChI=1S/C15H33N3/c1-13-7-5-8-14(11-13)15(12-16)18(4)10-6-9-17(2)3/h13-15H,5-12,16H2,1-4H3. The fourth-order valence-electron chi connectivity index (χ4n) is 3.36. The topological polar surface area (TPSA) is 32.5 Å². The van der Waals surface area contributed by atoms with Crippen LogP contribution in [0, 0.1) is 11.8 Å². The van der Waals surface area contributed by atoms with Crippen LogP contribution in [-0.4, -0.2) is 56.6 Å². The van der Waals surface area contributed by atoms with Gasteiger partial charge in [-0.25, -0.2) is 0 Å². The van der Waals surface area contributed by atoms with E-state index in [2.05, 4.69) is 37.9 Å². The maximum Gasteiger partial charge on any atom is 0.0243 e. The Morgan fingerprint density at radius 3 is 2.44 bits per heavy atom. The lowest BCUT2D eigenvalue weighted by atomic mass is 9.78. The third-order valence-electron chi connectivity index (χ3n) is 4.44. The lowest BCUT2D eigenvalue weighted by Crippen LogP contribution is -2.45. The molecule has 0 aromatic rings.